The van der Waals surface area contributed by atoms with Crippen molar-refractivity contribution in [2.75, 3.05) is 42.5 Å². The Hall–Kier alpha value is -3.18. The van der Waals surface area contributed by atoms with Gasteiger partial charge in [-0.05, 0) is 32.9 Å². The molecule has 29 heavy (non-hydrogen) atoms. The van der Waals surface area contributed by atoms with Gasteiger partial charge in [-0.3, -0.25) is 4.57 Å². The summed E-state index contributed by atoms with van der Waals surface area (Å²) in [6.45, 7) is 11.0. The van der Waals surface area contributed by atoms with Gasteiger partial charge in [-0.1, -0.05) is 0 Å². The van der Waals surface area contributed by atoms with Gasteiger partial charge in [-0.2, -0.15) is 5.26 Å². The van der Waals surface area contributed by atoms with Crippen molar-refractivity contribution < 1.29 is 0 Å². The summed E-state index contributed by atoms with van der Waals surface area (Å²) >= 11 is 0. The van der Waals surface area contributed by atoms with E-state index in [1.807, 2.05) is 4.57 Å². The third kappa shape index (κ3) is 3.38. The normalized spacial score (nSPS) is 16.8. The van der Waals surface area contributed by atoms with Crippen LogP contribution in [-0.2, 0) is 0 Å². The van der Waals surface area contributed by atoms with E-state index in [1.165, 1.54) is 0 Å². The highest BCUT2D eigenvalue weighted by molar-refractivity contribution is 6.00. The topological polar surface area (TPSA) is 85.9 Å². The number of nitriles is 1. The summed E-state index contributed by atoms with van der Waals surface area (Å²) in [6, 6.07) is 6.04. The summed E-state index contributed by atoms with van der Waals surface area (Å²) in [5.74, 6) is 1.64. The van der Waals surface area contributed by atoms with Crippen molar-refractivity contribution in [1.82, 2.24) is 24.8 Å². The molecule has 3 aromatic heterocycles. The van der Waals surface area contributed by atoms with Crippen molar-refractivity contribution in [3.05, 3.63) is 36.4 Å². The summed E-state index contributed by atoms with van der Waals surface area (Å²) in [4.78, 5) is 18.5. The molecule has 0 amide bonds. The van der Waals surface area contributed by atoms with Gasteiger partial charge in [0.2, 0.25) is 0 Å². The highest BCUT2D eigenvalue weighted by Gasteiger charge is 2.26. The maximum absolute atomic E-state index is 9.30. The molecule has 0 aromatic carbocycles. The number of hydrogen-bond donors (Lipinski definition) is 1. The van der Waals surface area contributed by atoms with E-state index in [-0.39, 0.29) is 0 Å². The molecule has 4 rings (SSSR count). The van der Waals surface area contributed by atoms with Gasteiger partial charge in [0.25, 0.3) is 0 Å². The van der Waals surface area contributed by atoms with Crippen LogP contribution < -0.4 is 15.1 Å². The zero-order valence-corrected chi connectivity index (χ0v) is 17.1. The maximum Gasteiger partial charge on any atom is 0.153 e. The second kappa shape index (κ2) is 8.05. The number of anilines is 2. The Bertz CT molecular complexity index is 1050. The summed E-state index contributed by atoms with van der Waals surface area (Å²) in [5, 5.41) is 13.8. The predicted octanol–water partition coefficient (Wildman–Crippen LogP) is 2.33. The van der Waals surface area contributed by atoms with Crippen molar-refractivity contribution in [3.63, 3.8) is 0 Å². The molecule has 0 unspecified atom stereocenters. The molecule has 8 nitrogen and oxygen atoms in total. The molecular weight excluding hydrogens is 364 g/mol. The van der Waals surface area contributed by atoms with Crippen LogP contribution in [0.5, 0.6) is 0 Å². The molecule has 1 N–H and O–H groups in total. The summed E-state index contributed by atoms with van der Waals surface area (Å²) < 4.78 is 1.97. The maximum atomic E-state index is 9.30. The van der Waals surface area contributed by atoms with E-state index in [2.05, 4.69) is 58.1 Å². The van der Waals surface area contributed by atoms with Crippen LogP contribution in [0.2, 0.25) is 0 Å². The number of nitrogens with one attached hydrogen (secondary N) is 1. The average molecular weight is 390 g/mol. The number of rotatable bonds is 5. The number of fused-ring (bicyclic) bond motifs is 1. The van der Waals surface area contributed by atoms with Crippen LogP contribution in [0.25, 0.3) is 16.9 Å². The molecule has 1 saturated heterocycles. The zero-order valence-electron chi connectivity index (χ0n) is 17.1. The van der Waals surface area contributed by atoms with Gasteiger partial charge in [0.1, 0.15) is 18.0 Å². The van der Waals surface area contributed by atoms with Crippen molar-refractivity contribution >= 4 is 22.5 Å². The Kier molecular flexibility index (Phi) is 5.32. The molecule has 0 saturated carbocycles. The minimum absolute atomic E-state index is 0.342. The summed E-state index contributed by atoms with van der Waals surface area (Å²) in [6.07, 6.45) is 5.37. The molecule has 3 aromatic rings. The first-order valence-electron chi connectivity index (χ1n) is 10.1. The molecular formula is C21H26N8. The molecule has 0 aliphatic carbocycles. The van der Waals surface area contributed by atoms with Crippen LogP contribution in [-0.4, -0.2) is 58.3 Å². The fourth-order valence-corrected chi connectivity index (χ4v) is 4.00. The largest absolute Gasteiger partial charge is 0.370 e. The minimum Gasteiger partial charge on any atom is -0.370 e. The summed E-state index contributed by atoms with van der Waals surface area (Å²) in [5.41, 5.74) is 2.48. The van der Waals surface area contributed by atoms with E-state index >= 15 is 0 Å². The molecule has 1 aliphatic heterocycles. The van der Waals surface area contributed by atoms with E-state index in [1.54, 1.807) is 24.7 Å². The van der Waals surface area contributed by atoms with E-state index in [9.17, 15) is 5.26 Å². The molecule has 8 heteroatoms. The number of nitrogens with zero attached hydrogens (tertiary/aromatic N) is 7. The monoisotopic (exact) mass is 390 g/mol. The van der Waals surface area contributed by atoms with E-state index in [0.717, 1.165) is 55.3 Å². The van der Waals surface area contributed by atoms with E-state index in [0.29, 0.717) is 17.4 Å². The molecule has 1 fully saturated rings. The van der Waals surface area contributed by atoms with Crippen molar-refractivity contribution in [1.29, 1.82) is 5.26 Å². The Morgan fingerprint density at radius 2 is 2.10 bits per heavy atom. The van der Waals surface area contributed by atoms with Gasteiger partial charge < -0.3 is 15.1 Å². The number of pyridine rings is 1. The molecule has 0 radical (unpaired) electrons. The lowest BCUT2D eigenvalue weighted by Gasteiger charge is -2.35. The first-order chi connectivity index (χ1) is 14.2. The molecule has 4 heterocycles. The van der Waals surface area contributed by atoms with Crippen LogP contribution in [0.1, 0.15) is 26.3 Å². The average Bonchev–Trinajstić information content (AvgIpc) is 3.15. The van der Waals surface area contributed by atoms with Gasteiger partial charge in [0, 0.05) is 51.2 Å². The molecule has 150 valence electrons. The van der Waals surface area contributed by atoms with Crippen LogP contribution in [0.15, 0.2) is 30.9 Å². The van der Waals surface area contributed by atoms with Crippen LogP contribution in [0.3, 0.4) is 0 Å². The zero-order chi connectivity index (χ0) is 20.4. The Morgan fingerprint density at radius 3 is 2.83 bits per heavy atom. The van der Waals surface area contributed by atoms with E-state index < -0.39 is 0 Å². The first kappa shape index (κ1) is 19.2. The third-order valence-electron chi connectivity index (χ3n) is 5.54. The predicted molar refractivity (Wildman–Crippen MR) is 115 cm³/mol. The third-order valence-corrected chi connectivity index (χ3v) is 5.54. The van der Waals surface area contributed by atoms with Gasteiger partial charge in [0.05, 0.1) is 22.7 Å². The van der Waals surface area contributed by atoms with Gasteiger partial charge in [0.15, 0.2) is 5.65 Å². The second-order valence-electron chi connectivity index (χ2n) is 7.21. The fraction of sp³-hybridized carbons (Fsp3) is 0.429. The minimum atomic E-state index is 0.342. The highest BCUT2D eigenvalue weighted by Crippen LogP contribution is 2.36. The van der Waals surface area contributed by atoms with Gasteiger partial charge in [-0.15, -0.1) is 0 Å². The van der Waals surface area contributed by atoms with Crippen LogP contribution in [0, 0.1) is 11.3 Å². The highest BCUT2D eigenvalue weighted by atomic mass is 15.3. The van der Waals surface area contributed by atoms with Crippen LogP contribution >= 0.6 is 0 Å². The quantitative estimate of drug-likeness (QED) is 0.715. The van der Waals surface area contributed by atoms with Crippen LogP contribution in [0.4, 0.5) is 11.5 Å². The lowest BCUT2D eigenvalue weighted by molar-refractivity contribution is 0.498. The lowest BCUT2D eigenvalue weighted by Crippen LogP contribution is -2.50. The SMILES string of the molecule is CCN(CC)c1cn(-c2cc(C#N)ccn2)c2ncnc(N3CCNC[C@@H]3C)c12. The molecule has 0 spiro atoms. The summed E-state index contributed by atoms with van der Waals surface area (Å²) in [7, 11) is 0. The van der Waals surface area contributed by atoms with Gasteiger partial charge in [-0.25, -0.2) is 15.0 Å². The number of aromatic nitrogens is 4. The van der Waals surface area contributed by atoms with Crippen molar-refractivity contribution in [2.45, 2.75) is 26.8 Å². The standard InChI is InChI=1S/C21H26N8/c1-4-27(5-2)17-13-29(18-10-16(11-22)6-7-24-18)21-19(17)20(25-14-26-21)28-9-8-23-12-15(28)3/h6-7,10,13-15,23H,4-5,8-9,12H2,1-3H3/t15-/m0/s1. The smallest absolute Gasteiger partial charge is 0.153 e. The fourth-order valence-electron chi connectivity index (χ4n) is 4.00. The molecule has 1 aliphatic rings. The van der Waals surface area contributed by atoms with E-state index in [4.69, 9.17) is 4.98 Å². The lowest BCUT2D eigenvalue weighted by atomic mass is 10.2. The first-order valence-corrected chi connectivity index (χ1v) is 10.1. The Balaban J connectivity index is 1.97. The molecule has 1 atom stereocenters. The van der Waals surface area contributed by atoms with Gasteiger partial charge >= 0.3 is 0 Å². The Labute approximate surface area is 170 Å². The van der Waals surface area contributed by atoms with Crippen molar-refractivity contribution in [2.24, 2.45) is 0 Å². The van der Waals surface area contributed by atoms with Crippen molar-refractivity contribution in [3.8, 4) is 11.9 Å². The number of piperazine rings is 1. The Morgan fingerprint density at radius 1 is 1.28 bits per heavy atom. The molecule has 0 bridgehead atoms. The second-order valence-corrected chi connectivity index (χ2v) is 7.21. The number of hydrogen-bond acceptors (Lipinski definition) is 7.